The van der Waals surface area contributed by atoms with Crippen LogP contribution in [0, 0.1) is 0 Å². The zero-order valence-corrected chi connectivity index (χ0v) is 10.1. The van der Waals surface area contributed by atoms with Gasteiger partial charge < -0.3 is 20.5 Å². The van der Waals surface area contributed by atoms with Crippen LogP contribution in [0.5, 0.6) is 11.5 Å². The minimum atomic E-state index is -0.456. The molecule has 1 aromatic carbocycles. The number of nitrogens with two attached hydrogens (primary N) is 1. The SMILES string of the molecule is NC(CN1C(=O)CNC1=O)c1ccc2c(c1)OCO2. The summed E-state index contributed by atoms with van der Waals surface area (Å²) < 4.78 is 10.5. The van der Waals surface area contributed by atoms with Gasteiger partial charge in [-0.3, -0.25) is 9.69 Å². The molecule has 1 fully saturated rings. The Balaban J connectivity index is 1.75. The lowest BCUT2D eigenvalue weighted by Gasteiger charge is -2.18. The number of hydrogen-bond acceptors (Lipinski definition) is 5. The second-order valence-corrected chi connectivity index (χ2v) is 4.38. The van der Waals surface area contributed by atoms with Gasteiger partial charge in [0.1, 0.15) is 0 Å². The largest absolute Gasteiger partial charge is 0.454 e. The highest BCUT2D eigenvalue weighted by atomic mass is 16.7. The number of nitrogens with one attached hydrogen (secondary N) is 1. The summed E-state index contributed by atoms with van der Waals surface area (Å²) in [4.78, 5) is 24.0. The van der Waals surface area contributed by atoms with Crippen molar-refractivity contribution in [2.75, 3.05) is 19.9 Å². The fourth-order valence-electron chi connectivity index (χ4n) is 2.09. The van der Waals surface area contributed by atoms with Crippen LogP contribution in [-0.4, -0.2) is 36.7 Å². The lowest BCUT2D eigenvalue weighted by atomic mass is 10.1. The van der Waals surface area contributed by atoms with E-state index in [9.17, 15) is 9.59 Å². The molecular formula is C12H13N3O4. The van der Waals surface area contributed by atoms with Gasteiger partial charge in [-0.2, -0.15) is 0 Å². The molecule has 2 aliphatic rings. The normalized spacial score (nSPS) is 18.7. The fraction of sp³-hybridized carbons (Fsp3) is 0.333. The van der Waals surface area contributed by atoms with Crippen molar-refractivity contribution in [1.82, 2.24) is 10.2 Å². The van der Waals surface area contributed by atoms with Crippen molar-refractivity contribution in [1.29, 1.82) is 0 Å². The number of amides is 3. The lowest BCUT2D eigenvalue weighted by molar-refractivity contribution is -0.125. The maximum atomic E-state index is 11.5. The van der Waals surface area contributed by atoms with Crippen LogP contribution < -0.4 is 20.5 Å². The van der Waals surface area contributed by atoms with E-state index < -0.39 is 12.1 Å². The van der Waals surface area contributed by atoms with E-state index in [1.165, 1.54) is 0 Å². The zero-order valence-electron chi connectivity index (χ0n) is 10.1. The van der Waals surface area contributed by atoms with Gasteiger partial charge in [0.05, 0.1) is 6.54 Å². The molecule has 3 amide bonds. The minimum Gasteiger partial charge on any atom is -0.454 e. The van der Waals surface area contributed by atoms with E-state index in [-0.39, 0.29) is 25.8 Å². The molecule has 0 aliphatic carbocycles. The van der Waals surface area contributed by atoms with E-state index >= 15 is 0 Å². The van der Waals surface area contributed by atoms with Crippen LogP contribution in [0.3, 0.4) is 0 Å². The summed E-state index contributed by atoms with van der Waals surface area (Å²) in [6, 6.07) is 4.48. The van der Waals surface area contributed by atoms with E-state index in [2.05, 4.69) is 5.32 Å². The Morgan fingerprint density at radius 1 is 1.32 bits per heavy atom. The molecule has 1 unspecified atom stereocenters. The highest BCUT2D eigenvalue weighted by molar-refractivity contribution is 6.01. The first-order chi connectivity index (χ1) is 9.15. The van der Waals surface area contributed by atoms with Gasteiger partial charge in [-0.25, -0.2) is 4.79 Å². The quantitative estimate of drug-likeness (QED) is 0.747. The third-order valence-corrected chi connectivity index (χ3v) is 3.14. The number of carbonyl (C=O) groups excluding carboxylic acids is 2. The monoisotopic (exact) mass is 263 g/mol. The van der Waals surface area contributed by atoms with Gasteiger partial charge in [0.25, 0.3) is 0 Å². The molecule has 7 heteroatoms. The molecule has 1 aromatic rings. The van der Waals surface area contributed by atoms with Crippen LogP contribution in [0.2, 0.25) is 0 Å². The minimum absolute atomic E-state index is 0.0344. The summed E-state index contributed by atoms with van der Waals surface area (Å²) in [7, 11) is 0. The fourth-order valence-corrected chi connectivity index (χ4v) is 2.09. The number of carbonyl (C=O) groups is 2. The maximum absolute atomic E-state index is 11.5. The number of fused-ring (bicyclic) bond motifs is 1. The smallest absolute Gasteiger partial charge is 0.324 e. The van der Waals surface area contributed by atoms with Crippen LogP contribution in [0.4, 0.5) is 4.79 Å². The maximum Gasteiger partial charge on any atom is 0.324 e. The second-order valence-electron chi connectivity index (χ2n) is 4.38. The Kier molecular flexibility index (Phi) is 2.75. The van der Waals surface area contributed by atoms with Crippen LogP contribution in [0.1, 0.15) is 11.6 Å². The van der Waals surface area contributed by atoms with Gasteiger partial charge >= 0.3 is 6.03 Å². The highest BCUT2D eigenvalue weighted by Gasteiger charge is 2.30. The first kappa shape index (κ1) is 11.8. The van der Waals surface area contributed by atoms with Crippen LogP contribution in [-0.2, 0) is 4.79 Å². The summed E-state index contributed by atoms with van der Waals surface area (Å²) >= 11 is 0. The molecule has 3 N–H and O–H groups in total. The van der Waals surface area contributed by atoms with Crippen molar-refractivity contribution in [2.24, 2.45) is 5.73 Å². The van der Waals surface area contributed by atoms with E-state index in [1.807, 2.05) is 0 Å². The average Bonchev–Trinajstić information content (AvgIpc) is 2.99. The van der Waals surface area contributed by atoms with Gasteiger partial charge in [0.15, 0.2) is 11.5 Å². The summed E-state index contributed by atoms with van der Waals surface area (Å²) in [5.41, 5.74) is 6.81. The van der Waals surface area contributed by atoms with Crippen molar-refractivity contribution >= 4 is 11.9 Å². The number of urea groups is 1. The molecule has 2 aliphatic heterocycles. The summed E-state index contributed by atoms with van der Waals surface area (Å²) in [6.45, 7) is 0.373. The van der Waals surface area contributed by atoms with Crippen molar-refractivity contribution in [2.45, 2.75) is 6.04 Å². The molecule has 7 nitrogen and oxygen atoms in total. The predicted molar refractivity (Wildman–Crippen MR) is 64.6 cm³/mol. The molecule has 1 saturated heterocycles. The number of ether oxygens (including phenoxy) is 2. The summed E-state index contributed by atoms with van der Waals surface area (Å²) in [5, 5.41) is 2.46. The highest BCUT2D eigenvalue weighted by Crippen LogP contribution is 2.33. The van der Waals surface area contributed by atoms with E-state index in [1.54, 1.807) is 18.2 Å². The Labute approximate surface area is 109 Å². The van der Waals surface area contributed by atoms with Gasteiger partial charge in [0.2, 0.25) is 12.7 Å². The number of imide groups is 1. The Hall–Kier alpha value is -2.28. The number of rotatable bonds is 3. The van der Waals surface area contributed by atoms with E-state index in [0.29, 0.717) is 11.5 Å². The molecule has 3 rings (SSSR count). The van der Waals surface area contributed by atoms with Crippen molar-refractivity contribution in [3.63, 3.8) is 0 Å². The third kappa shape index (κ3) is 2.08. The van der Waals surface area contributed by atoms with Crippen molar-refractivity contribution in [3.05, 3.63) is 23.8 Å². The topological polar surface area (TPSA) is 93.9 Å². The first-order valence-corrected chi connectivity index (χ1v) is 5.88. The number of hydrogen-bond donors (Lipinski definition) is 2. The second kappa shape index (κ2) is 4.43. The molecule has 0 saturated carbocycles. The van der Waals surface area contributed by atoms with E-state index in [0.717, 1.165) is 10.5 Å². The lowest BCUT2D eigenvalue weighted by Crippen LogP contribution is -2.37. The van der Waals surface area contributed by atoms with Crippen molar-refractivity contribution in [3.8, 4) is 11.5 Å². The summed E-state index contributed by atoms with van der Waals surface area (Å²) in [6.07, 6.45) is 0. The predicted octanol–water partition coefficient (Wildman–Crippen LogP) is -0.0331. The third-order valence-electron chi connectivity index (χ3n) is 3.14. The molecule has 100 valence electrons. The molecule has 0 aromatic heterocycles. The summed E-state index contributed by atoms with van der Waals surface area (Å²) in [5.74, 6) is 1.04. The standard InChI is InChI=1S/C12H13N3O4/c13-8(5-15-11(16)4-14-12(15)17)7-1-2-9-10(3-7)19-6-18-9/h1-3,8H,4-6,13H2,(H,14,17). The van der Waals surface area contributed by atoms with Crippen LogP contribution in [0.25, 0.3) is 0 Å². The van der Waals surface area contributed by atoms with E-state index in [4.69, 9.17) is 15.2 Å². The Bertz CT molecular complexity index is 530. The number of benzene rings is 1. The average molecular weight is 263 g/mol. The number of nitrogens with zero attached hydrogens (tertiary/aromatic N) is 1. The van der Waals surface area contributed by atoms with Crippen LogP contribution >= 0.6 is 0 Å². The van der Waals surface area contributed by atoms with Gasteiger partial charge in [-0.15, -0.1) is 0 Å². The van der Waals surface area contributed by atoms with Crippen molar-refractivity contribution < 1.29 is 19.1 Å². The molecule has 1 atom stereocenters. The Morgan fingerprint density at radius 3 is 2.84 bits per heavy atom. The molecule has 0 spiro atoms. The molecule has 2 heterocycles. The Morgan fingerprint density at radius 2 is 2.11 bits per heavy atom. The van der Waals surface area contributed by atoms with Crippen LogP contribution in [0.15, 0.2) is 18.2 Å². The molecule has 19 heavy (non-hydrogen) atoms. The van der Waals surface area contributed by atoms with Gasteiger partial charge in [-0.05, 0) is 17.7 Å². The zero-order chi connectivity index (χ0) is 13.4. The molecule has 0 bridgehead atoms. The van der Waals surface area contributed by atoms with Gasteiger partial charge in [0, 0.05) is 12.6 Å². The van der Waals surface area contributed by atoms with Gasteiger partial charge in [-0.1, -0.05) is 6.07 Å². The first-order valence-electron chi connectivity index (χ1n) is 5.88. The molecule has 0 radical (unpaired) electrons. The molecular weight excluding hydrogens is 250 g/mol.